The summed E-state index contributed by atoms with van der Waals surface area (Å²) in [4.78, 5) is 32.2. The minimum Gasteiger partial charge on any atom is -0.353 e. The Labute approximate surface area is 213 Å². The molecule has 1 N–H and O–H groups in total. The van der Waals surface area contributed by atoms with E-state index in [-0.39, 0.29) is 34.5 Å². The van der Waals surface area contributed by atoms with Gasteiger partial charge in [-0.05, 0) is 66.7 Å². The zero-order valence-corrected chi connectivity index (χ0v) is 23.1. The highest BCUT2D eigenvalue weighted by Crippen LogP contribution is 2.41. The van der Waals surface area contributed by atoms with Crippen molar-refractivity contribution in [3.05, 3.63) is 43.7 Å². The van der Waals surface area contributed by atoms with E-state index in [1.165, 1.54) is 4.88 Å². The standard InChI is InChI=1S/C28H42N4O2S/c1-27(2,3)18-32-22-13-12-21(29-25(22)31(6)26(32)34)19-14-15-28(4,5)23(17-19)30-24(33)11-7-9-20-10-8-16-35-20/h8,10,13,16,19,21,23H,7,9,11-12,14-15,17-18H2,1-6H3,(H,30,33). The predicted molar refractivity (Wildman–Crippen MR) is 143 cm³/mol. The number of hydrogen-bond donors (Lipinski definition) is 1. The van der Waals surface area contributed by atoms with Crippen molar-refractivity contribution in [2.75, 3.05) is 0 Å². The number of amides is 1. The topological polar surface area (TPSA) is 68.4 Å². The van der Waals surface area contributed by atoms with Crippen LogP contribution in [0.3, 0.4) is 0 Å². The minimum absolute atomic E-state index is 0.0167. The van der Waals surface area contributed by atoms with Crippen molar-refractivity contribution >= 4 is 23.3 Å². The second-order valence-electron chi connectivity index (χ2n) is 12.4. The van der Waals surface area contributed by atoms with E-state index in [1.807, 2.05) is 11.6 Å². The molecule has 3 unspecified atom stereocenters. The zero-order chi connectivity index (χ0) is 25.4. The Bertz CT molecular complexity index is 1210. The summed E-state index contributed by atoms with van der Waals surface area (Å²) < 4.78 is 3.60. The van der Waals surface area contributed by atoms with Crippen molar-refractivity contribution in [3.8, 4) is 0 Å². The van der Waals surface area contributed by atoms with Gasteiger partial charge in [-0.15, -0.1) is 11.3 Å². The Balaban J connectivity index is 1.44. The molecule has 0 aromatic carbocycles. The number of nitrogens with zero attached hydrogens (tertiary/aromatic N) is 3. The molecule has 1 amide bonds. The number of thiophene rings is 1. The third kappa shape index (κ3) is 5.99. The maximum absolute atomic E-state index is 12.9. The fourth-order valence-electron chi connectivity index (χ4n) is 5.61. The van der Waals surface area contributed by atoms with E-state index in [0.717, 1.165) is 49.4 Å². The minimum atomic E-state index is 0.0167. The van der Waals surface area contributed by atoms with Crippen LogP contribution in [0.4, 0.5) is 0 Å². The number of nitrogens with one attached hydrogen (secondary N) is 1. The van der Waals surface area contributed by atoms with Crippen molar-refractivity contribution in [1.29, 1.82) is 0 Å². The molecule has 2 aromatic rings. The Morgan fingerprint density at radius 2 is 2.09 bits per heavy atom. The Hall–Kier alpha value is -2.15. The zero-order valence-electron chi connectivity index (χ0n) is 22.3. The number of fused-ring (bicyclic) bond motifs is 1. The largest absolute Gasteiger partial charge is 0.353 e. The third-order valence-corrected chi connectivity index (χ3v) is 8.69. The van der Waals surface area contributed by atoms with Gasteiger partial charge < -0.3 is 5.32 Å². The van der Waals surface area contributed by atoms with Crippen molar-refractivity contribution in [2.45, 2.75) is 98.2 Å². The van der Waals surface area contributed by atoms with E-state index in [4.69, 9.17) is 4.99 Å². The normalized spacial score (nSPS) is 23.8. The van der Waals surface area contributed by atoms with Gasteiger partial charge in [-0.25, -0.2) is 4.79 Å². The van der Waals surface area contributed by atoms with Crippen molar-refractivity contribution < 1.29 is 4.79 Å². The molecule has 192 valence electrons. The van der Waals surface area contributed by atoms with Crippen LogP contribution in [0.5, 0.6) is 0 Å². The number of aromatic nitrogens is 2. The summed E-state index contributed by atoms with van der Waals surface area (Å²) in [6.45, 7) is 11.7. The molecular weight excluding hydrogens is 456 g/mol. The first-order valence-corrected chi connectivity index (χ1v) is 14.0. The number of rotatable bonds is 7. The van der Waals surface area contributed by atoms with Crippen LogP contribution in [-0.4, -0.2) is 27.1 Å². The fourth-order valence-corrected chi connectivity index (χ4v) is 6.36. The molecule has 1 aliphatic heterocycles. The van der Waals surface area contributed by atoms with Crippen LogP contribution in [0.15, 0.2) is 27.3 Å². The van der Waals surface area contributed by atoms with E-state index < -0.39 is 0 Å². The molecule has 2 aromatic heterocycles. The van der Waals surface area contributed by atoms with Gasteiger partial charge in [0.05, 0.1) is 11.4 Å². The van der Waals surface area contributed by atoms with E-state index in [1.54, 1.807) is 15.9 Å². The first kappa shape index (κ1) is 25.9. The number of aryl methyl sites for hydroxylation is 1. The average Bonchev–Trinajstić information content (AvgIpc) is 3.37. The summed E-state index contributed by atoms with van der Waals surface area (Å²) in [6, 6.07) is 4.52. The summed E-state index contributed by atoms with van der Waals surface area (Å²) in [7, 11) is 1.84. The number of carbonyl (C=O) groups is 1. The van der Waals surface area contributed by atoms with Gasteiger partial charge in [0.1, 0.15) is 0 Å². The van der Waals surface area contributed by atoms with E-state index >= 15 is 0 Å². The van der Waals surface area contributed by atoms with Crippen LogP contribution in [0.2, 0.25) is 0 Å². The molecule has 3 heterocycles. The summed E-state index contributed by atoms with van der Waals surface area (Å²) in [5.74, 6) is 0.571. The predicted octanol–water partition coefficient (Wildman–Crippen LogP) is 3.80. The Kier molecular flexibility index (Phi) is 7.46. The van der Waals surface area contributed by atoms with Gasteiger partial charge in [-0.2, -0.15) is 0 Å². The van der Waals surface area contributed by atoms with Gasteiger partial charge in [0.25, 0.3) is 0 Å². The van der Waals surface area contributed by atoms with Gasteiger partial charge in [-0.1, -0.05) is 46.8 Å². The number of hydrogen-bond acceptors (Lipinski definition) is 4. The van der Waals surface area contributed by atoms with E-state index in [2.05, 4.69) is 63.5 Å². The highest BCUT2D eigenvalue weighted by atomic mass is 32.1. The number of carbonyl (C=O) groups excluding carboxylic acids is 1. The molecule has 6 nitrogen and oxygen atoms in total. The Morgan fingerprint density at radius 1 is 1.31 bits per heavy atom. The Morgan fingerprint density at radius 3 is 2.77 bits per heavy atom. The fraction of sp³-hybridized carbons (Fsp3) is 0.679. The van der Waals surface area contributed by atoms with Crippen molar-refractivity contribution in [1.82, 2.24) is 14.5 Å². The van der Waals surface area contributed by atoms with E-state index in [0.29, 0.717) is 18.9 Å². The average molecular weight is 499 g/mol. The molecular formula is C28H42N4O2S. The highest BCUT2D eigenvalue weighted by Gasteiger charge is 2.40. The van der Waals surface area contributed by atoms with Crippen LogP contribution in [-0.2, 0) is 24.8 Å². The number of imidazole rings is 1. The molecule has 1 aliphatic carbocycles. The van der Waals surface area contributed by atoms with Gasteiger partial charge in [-0.3, -0.25) is 18.9 Å². The SMILES string of the molecule is Cn1c2c(n(CC(C)(C)C)c1=O)=CCC(C1CCC(C)(C)C(NC(=O)CCCc3cccs3)C1)N=2. The lowest BCUT2D eigenvalue weighted by Gasteiger charge is -2.44. The second kappa shape index (κ2) is 10.1. The van der Waals surface area contributed by atoms with Gasteiger partial charge in [0, 0.05) is 30.9 Å². The second-order valence-corrected chi connectivity index (χ2v) is 13.4. The summed E-state index contributed by atoms with van der Waals surface area (Å²) in [5.41, 5.74) is 0.928. The first-order valence-electron chi connectivity index (χ1n) is 13.1. The first-order chi connectivity index (χ1) is 16.4. The summed E-state index contributed by atoms with van der Waals surface area (Å²) >= 11 is 1.76. The maximum atomic E-state index is 12.9. The highest BCUT2D eigenvalue weighted by molar-refractivity contribution is 7.09. The molecule has 1 saturated carbocycles. The molecule has 3 atom stereocenters. The molecule has 0 radical (unpaired) electrons. The van der Waals surface area contributed by atoms with Gasteiger partial charge in [0.2, 0.25) is 5.91 Å². The van der Waals surface area contributed by atoms with E-state index in [9.17, 15) is 9.59 Å². The molecule has 2 aliphatic rings. The van der Waals surface area contributed by atoms with Crippen LogP contribution >= 0.6 is 11.3 Å². The molecule has 0 saturated heterocycles. The van der Waals surface area contributed by atoms with Crippen LogP contribution < -0.4 is 21.8 Å². The van der Waals surface area contributed by atoms with Gasteiger partial charge >= 0.3 is 5.69 Å². The monoisotopic (exact) mass is 498 g/mol. The van der Waals surface area contributed by atoms with Crippen LogP contribution in [0.1, 0.15) is 78.0 Å². The molecule has 0 bridgehead atoms. The van der Waals surface area contributed by atoms with Crippen LogP contribution in [0.25, 0.3) is 6.08 Å². The smallest absolute Gasteiger partial charge is 0.330 e. The lowest BCUT2D eigenvalue weighted by atomic mass is 9.67. The van der Waals surface area contributed by atoms with Crippen molar-refractivity contribution in [2.24, 2.45) is 28.8 Å². The molecule has 4 rings (SSSR count). The summed E-state index contributed by atoms with van der Waals surface area (Å²) in [5, 5.41) is 6.44. The lowest BCUT2D eigenvalue weighted by Crippen LogP contribution is -2.50. The van der Waals surface area contributed by atoms with Crippen LogP contribution in [0, 0.1) is 16.7 Å². The lowest BCUT2D eigenvalue weighted by molar-refractivity contribution is -0.123. The third-order valence-electron chi connectivity index (χ3n) is 7.76. The molecule has 7 heteroatoms. The maximum Gasteiger partial charge on any atom is 0.330 e. The summed E-state index contributed by atoms with van der Waals surface area (Å²) in [6.07, 6.45) is 8.62. The van der Waals surface area contributed by atoms with Gasteiger partial charge in [0.15, 0.2) is 5.49 Å². The van der Waals surface area contributed by atoms with Crippen molar-refractivity contribution in [3.63, 3.8) is 0 Å². The molecule has 35 heavy (non-hydrogen) atoms. The quantitative estimate of drug-likeness (QED) is 0.631. The molecule has 0 spiro atoms. The molecule has 1 fully saturated rings.